The summed E-state index contributed by atoms with van der Waals surface area (Å²) in [6.45, 7) is 4.13. The third-order valence-corrected chi connectivity index (χ3v) is 6.59. The quantitative estimate of drug-likeness (QED) is 0.449. The number of benzene rings is 1. The van der Waals surface area contributed by atoms with Gasteiger partial charge in [0.1, 0.15) is 6.73 Å². The van der Waals surface area contributed by atoms with Crippen LogP contribution in [0.25, 0.3) is 11.1 Å². The molecule has 5 nitrogen and oxygen atoms in total. The van der Waals surface area contributed by atoms with Gasteiger partial charge in [-0.1, -0.05) is 42.4 Å². The maximum Gasteiger partial charge on any atom is 0.435 e. The van der Waals surface area contributed by atoms with E-state index in [4.69, 9.17) is 16.3 Å². The van der Waals surface area contributed by atoms with Crippen molar-refractivity contribution in [2.24, 2.45) is 0 Å². The average Bonchev–Trinajstić information content (AvgIpc) is 3.35. The Bertz CT molecular complexity index is 1170. The van der Waals surface area contributed by atoms with Gasteiger partial charge in [-0.25, -0.2) is 4.68 Å². The maximum atomic E-state index is 13.8. The smallest absolute Gasteiger partial charge is 0.362 e. The van der Waals surface area contributed by atoms with Gasteiger partial charge in [-0.05, 0) is 28.8 Å². The van der Waals surface area contributed by atoms with Crippen molar-refractivity contribution in [3.63, 3.8) is 0 Å². The molecule has 0 aliphatic carbocycles. The average molecular weight is 482 g/mol. The van der Waals surface area contributed by atoms with Gasteiger partial charge in [0.15, 0.2) is 5.69 Å². The molecule has 0 N–H and O–H groups in total. The van der Waals surface area contributed by atoms with Crippen molar-refractivity contribution >= 4 is 28.8 Å². The predicted octanol–water partition coefficient (Wildman–Crippen LogP) is 5.55. The lowest BCUT2D eigenvalue weighted by Gasteiger charge is -2.33. The molecule has 0 saturated carbocycles. The number of alkyl halides is 3. The normalized spacial score (nSPS) is 16.2. The molecule has 0 radical (unpaired) electrons. The molecule has 10 heteroatoms. The molecule has 3 aromatic rings. The molecule has 4 rings (SSSR count). The van der Waals surface area contributed by atoms with E-state index in [0.29, 0.717) is 28.6 Å². The van der Waals surface area contributed by atoms with Crippen LogP contribution in [0.5, 0.6) is 0 Å². The third kappa shape index (κ3) is 4.20. The molecular formula is C22H19ClF3N3O2S. The minimum absolute atomic E-state index is 0.0415. The fourth-order valence-electron chi connectivity index (χ4n) is 4.02. The van der Waals surface area contributed by atoms with Gasteiger partial charge >= 0.3 is 6.18 Å². The van der Waals surface area contributed by atoms with E-state index in [2.05, 4.69) is 11.7 Å². The van der Waals surface area contributed by atoms with Crippen molar-refractivity contribution in [2.45, 2.75) is 25.4 Å². The molecule has 0 saturated heterocycles. The maximum absolute atomic E-state index is 13.8. The molecule has 168 valence electrons. The number of rotatable bonds is 5. The van der Waals surface area contributed by atoms with Crippen LogP contribution in [0.3, 0.4) is 0 Å². The van der Waals surface area contributed by atoms with Crippen LogP contribution < -0.4 is 0 Å². The fourth-order valence-corrected chi connectivity index (χ4v) is 5.38. The highest BCUT2D eigenvalue weighted by Crippen LogP contribution is 2.44. The number of thiophene rings is 1. The number of ether oxygens (including phenoxy) is 1. The lowest BCUT2D eigenvalue weighted by atomic mass is 9.84. The molecule has 1 aromatic carbocycles. The van der Waals surface area contributed by atoms with Crippen LogP contribution in [0.2, 0.25) is 4.34 Å². The number of hydrogen-bond acceptors (Lipinski definition) is 4. The lowest BCUT2D eigenvalue weighted by molar-refractivity contribution is -0.141. The SMILES string of the molecule is C=CC(=O)N1Cc2sc(Cl)cc2[C@H](c2ccccc2-c2cn(COC)nc2C(F)(F)F)C1. The molecule has 0 spiro atoms. The standard InChI is InChI=1S/C22H19ClF3N3O2S/c1-3-20(30)28-9-16(15-8-19(23)32-18(15)11-28)13-6-4-5-7-14(13)17-10-29(12-31-2)27-21(17)22(24,25)26/h3-8,10,16H,1,9,11-12H2,2H3/t16-/m0/s1. The minimum atomic E-state index is -4.64. The summed E-state index contributed by atoms with van der Waals surface area (Å²) in [6, 6.07) is 8.71. The van der Waals surface area contributed by atoms with Crippen molar-refractivity contribution in [3.8, 4) is 11.1 Å². The first kappa shape index (κ1) is 22.6. The monoisotopic (exact) mass is 481 g/mol. The van der Waals surface area contributed by atoms with Gasteiger partial charge in [0.25, 0.3) is 0 Å². The predicted molar refractivity (Wildman–Crippen MR) is 116 cm³/mol. The second kappa shape index (κ2) is 8.73. The van der Waals surface area contributed by atoms with E-state index in [0.717, 1.165) is 15.1 Å². The summed E-state index contributed by atoms with van der Waals surface area (Å²) >= 11 is 7.63. The fraction of sp³-hybridized carbons (Fsp3) is 0.273. The number of aromatic nitrogens is 2. The number of carbonyl (C=O) groups excluding carboxylic acids is 1. The first-order valence-corrected chi connectivity index (χ1v) is 10.8. The van der Waals surface area contributed by atoms with Crippen molar-refractivity contribution in [1.82, 2.24) is 14.7 Å². The van der Waals surface area contributed by atoms with Gasteiger partial charge in [0.05, 0.1) is 10.9 Å². The van der Waals surface area contributed by atoms with Crippen molar-refractivity contribution in [2.75, 3.05) is 13.7 Å². The summed E-state index contributed by atoms with van der Waals surface area (Å²) in [5.74, 6) is -0.596. The molecule has 3 heterocycles. The van der Waals surface area contributed by atoms with Crippen LogP contribution >= 0.6 is 22.9 Å². The highest BCUT2D eigenvalue weighted by molar-refractivity contribution is 7.16. The first-order valence-electron chi connectivity index (χ1n) is 9.65. The van der Waals surface area contributed by atoms with Crippen molar-refractivity contribution in [1.29, 1.82) is 0 Å². The molecule has 32 heavy (non-hydrogen) atoms. The zero-order valence-corrected chi connectivity index (χ0v) is 18.6. The van der Waals surface area contributed by atoms with Crippen LogP contribution in [0.1, 0.15) is 27.6 Å². The lowest BCUT2D eigenvalue weighted by Crippen LogP contribution is -2.37. The second-order valence-corrected chi connectivity index (χ2v) is 9.11. The summed E-state index contributed by atoms with van der Waals surface area (Å²) < 4.78 is 48.1. The molecule has 0 fully saturated rings. The molecule has 0 unspecified atom stereocenters. The van der Waals surface area contributed by atoms with Crippen molar-refractivity contribution in [3.05, 3.63) is 75.2 Å². The Labute approximate surface area is 191 Å². The van der Waals surface area contributed by atoms with Crippen LogP contribution in [0, 0.1) is 0 Å². The van der Waals surface area contributed by atoms with Crippen LogP contribution in [-0.2, 0) is 29.0 Å². The summed E-state index contributed by atoms with van der Waals surface area (Å²) in [7, 11) is 1.39. The molecule has 1 aliphatic rings. The van der Waals surface area contributed by atoms with E-state index in [1.165, 1.54) is 30.7 Å². The van der Waals surface area contributed by atoms with E-state index in [9.17, 15) is 18.0 Å². The van der Waals surface area contributed by atoms with Crippen LogP contribution in [-0.4, -0.2) is 34.2 Å². The Hall–Kier alpha value is -2.62. The van der Waals surface area contributed by atoms with E-state index < -0.39 is 11.9 Å². The topological polar surface area (TPSA) is 47.4 Å². The Morgan fingerprint density at radius 1 is 1.34 bits per heavy atom. The zero-order valence-electron chi connectivity index (χ0n) is 17.0. The summed E-state index contributed by atoms with van der Waals surface area (Å²) in [4.78, 5) is 14.9. The summed E-state index contributed by atoms with van der Waals surface area (Å²) in [5.41, 5.74) is 0.944. The Balaban J connectivity index is 1.88. The number of hydrogen-bond donors (Lipinski definition) is 0. The van der Waals surface area contributed by atoms with Crippen LogP contribution in [0.15, 0.2) is 49.2 Å². The van der Waals surface area contributed by atoms with Crippen LogP contribution in [0.4, 0.5) is 13.2 Å². The Morgan fingerprint density at radius 2 is 2.09 bits per heavy atom. The number of methoxy groups -OCH3 is 1. The number of carbonyl (C=O) groups is 1. The van der Waals surface area contributed by atoms with Gasteiger partial charge in [-0.15, -0.1) is 11.3 Å². The molecule has 2 aromatic heterocycles. The van der Waals surface area contributed by atoms with E-state index in [-0.39, 0.29) is 24.1 Å². The molecular weight excluding hydrogens is 463 g/mol. The number of fused-ring (bicyclic) bond motifs is 1. The minimum Gasteiger partial charge on any atom is -0.362 e. The number of halogens is 4. The largest absolute Gasteiger partial charge is 0.435 e. The Morgan fingerprint density at radius 3 is 2.78 bits per heavy atom. The Kier molecular flexibility index (Phi) is 6.15. The van der Waals surface area contributed by atoms with Gasteiger partial charge in [-0.3, -0.25) is 4.79 Å². The van der Waals surface area contributed by atoms with Gasteiger partial charge < -0.3 is 9.64 Å². The van der Waals surface area contributed by atoms with E-state index >= 15 is 0 Å². The number of nitrogens with zero attached hydrogens (tertiary/aromatic N) is 3. The third-order valence-electron chi connectivity index (χ3n) is 5.33. The van der Waals surface area contributed by atoms with E-state index in [1.54, 1.807) is 29.2 Å². The van der Waals surface area contributed by atoms with Gasteiger partial charge in [-0.2, -0.15) is 18.3 Å². The van der Waals surface area contributed by atoms with Crippen molar-refractivity contribution < 1.29 is 22.7 Å². The molecule has 1 atom stereocenters. The van der Waals surface area contributed by atoms with E-state index in [1.807, 2.05) is 6.07 Å². The zero-order chi connectivity index (χ0) is 23.0. The summed E-state index contributed by atoms with van der Waals surface area (Å²) in [6.07, 6.45) is -2.07. The van der Waals surface area contributed by atoms with Gasteiger partial charge in [0.2, 0.25) is 5.91 Å². The highest BCUT2D eigenvalue weighted by atomic mass is 35.5. The molecule has 0 bridgehead atoms. The second-order valence-electron chi connectivity index (χ2n) is 7.34. The highest BCUT2D eigenvalue weighted by Gasteiger charge is 2.39. The number of amides is 1. The van der Waals surface area contributed by atoms with Gasteiger partial charge in [0, 0.05) is 36.2 Å². The molecule has 1 aliphatic heterocycles. The first-order chi connectivity index (χ1) is 15.2. The summed E-state index contributed by atoms with van der Waals surface area (Å²) in [5, 5.41) is 3.71. The molecule has 1 amide bonds.